The SMILES string of the molecule is CC(=O)[C@H]1CC[C@H]2[C@@H]3CC[C@@H]4C[C@@H](O)CC[C@]4(C)[C@H]3C(=O)C[C@]12C. The maximum Gasteiger partial charge on any atom is 0.137 e. The van der Waals surface area contributed by atoms with E-state index in [0.717, 1.165) is 44.9 Å². The summed E-state index contributed by atoms with van der Waals surface area (Å²) < 4.78 is 0. The molecule has 4 aliphatic rings. The van der Waals surface area contributed by atoms with Gasteiger partial charge in [0.1, 0.15) is 11.6 Å². The fraction of sp³-hybridized carbons (Fsp3) is 0.905. The molecule has 134 valence electrons. The van der Waals surface area contributed by atoms with E-state index in [1.165, 1.54) is 0 Å². The zero-order valence-electron chi connectivity index (χ0n) is 15.4. The first-order valence-corrected chi connectivity index (χ1v) is 9.98. The Balaban J connectivity index is 1.68. The Labute approximate surface area is 145 Å². The molecule has 0 aromatic rings. The summed E-state index contributed by atoms with van der Waals surface area (Å²) in [6, 6.07) is 0. The zero-order valence-corrected chi connectivity index (χ0v) is 15.4. The molecule has 0 aliphatic heterocycles. The Morgan fingerprint density at radius 2 is 1.83 bits per heavy atom. The molecule has 3 heteroatoms. The molecule has 0 aromatic heterocycles. The van der Waals surface area contributed by atoms with Crippen LogP contribution in [0, 0.1) is 40.4 Å². The third kappa shape index (κ3) is 2.12. The van der Waals surface area contributed by atoms with Crippen LogP contribution < -0.4 is 0 Å². The molecular weight excluding hydrogens is 300 g/mol. The summed E-state index contributed by atoms with van der Waals surface area (Å²) in [5.74, 6) is 2.48. The second-order valence-corrected chi connectivity index (χ2v) is 9.85. The van der Waals surface area contributed by atoms with E-state index >= 15 is 0 Å². The molecule has 0 amide bonds. The molecule has 4 saturated carbocycles. The zero-order chi connectivity index (χ0) is 17.3. The van der Waals surface area contributed by atoms with Crippen LogP contribution in [0.25, 0.3) is 0 Å². The standard InChI is InChI=1S/C21H32O3/c1-12(22)16-6-7-17-15-5-4-13-10-14(23)8-9-20(13,2)19(15)18(24)11-21(16,17)3/h13-17,19,23H,4-11H2,1-3H3/t13-,14+,15+,16-,17+,19-,20+,21-/m1/s1. The van der Waals surface area contributed by atoms with Gasteiger partial charge in [-0.05, 0) is 80.5 Å². The van der Waals surface area contributed by atoms with Crippen molar-refractivity contribution in [3.8, 4) is 0 Å². The van der Waals surface area contributed by atoms with Crippen LogP contribution in [0.2, 0.25) is 0 Å². The van der Waals surface area contributed by atoms with E-state index in [2.05, 4.69) is 13.8 Å². The van der Waals surface area contributed by atoms with Gasteiger partial charge in [-0.3, -0.25) is 9.59 Å². The smallest absolute Gasteiger partial charge is 0.137 e. The molecule has 0 heterocycles. The molecule has 0 saturated heterocycles. The largest absolute Gasteiger partial charge is 0.393 e. The fourth-order valence-electron chi connectivity index (χ4n) is 7.72. The van der Waals surface area contributed by atoms with Gasteiger partial charge in [0, 0.05) is 18.3 Å². The summed E-state index contributed by atoms with van der Waals surface area (Å²) in [5, 5.41) is 10.1. The highest BCUT2D eigenvalue weighted by atomic mass is 16.3. The van der Waals surface area contributed by atoms with Gasteiger partial charge in [-0.15, -0.1) is 0 Å². The van der Waals surface area contributed by atoms with Gasteiger partial charge in [0.25, 0.3) is 0 Å². The predicted molar refractivity (Wildman–Crippen MR) is 92.3 cm³/mol. The minimum atomic E-state index is -0.169. The molecule has 0 bridgehead atoms. The van der Waals surface area contributed by atoms with Crippen LogP contribution in [0.1, 0.15) is 72.1 Å². The molecule has 1 N–H and O–H groups in total. The topological polar surface area (TPSA) is 54.4 Å². The molecule has 4 aliphatic carbocycles. The first-order valence-electron chi connectivity index (χ1n) is 9.98. The number of hydrogen-bond donors (Lipinski definition) is 1. The van der Waals surface area contributed by atoms with Gasteiger partial charge in [-0.1, -0.05) is 13.8 Å². The van der Waals surface area contributed by atoms with E-state index in [1.807, 2.05) is 0 Å². The van der Waals surface area contributed by atoms with Crippen molar-refractivity contribution in [1.82, 2.24) is 0 Å². The van der Waals surface area contributed by atoms with E-state index in [1.54, 1.807) is 6.92 Å². The molecule has 4 fully saturated rings. The highest BCUT2D eigenvalue weighted by molar-refractivity contribution is 5.87. The maximum atomic E-state index is 13.3. The van der Waals surface area contributed by atoms with Crippen molar-refractivity contribution in [2.24, 2.45) is 40.4 Å². The maximum absolute atomic E-state index is 13.3. The van der Waals surface area contributed by atoms with Crippen molar-refractivity contribution in [3.63, 3.8) is 0 Å². The van der Waals surface area contributed by atoms with E-state index < -0.39 is 0 Å². The number of fused-ring (bicyclic) bond motifs is 5. The fourth-order valence-corrected chi connectivity index (χ4v) is 7.72. The number of carbonyl (C=O) groups is 2. The average molecular weight is 332 g/mol. The van der Waals surface area contributed by atoms with Crippen LogP contribution in [-0.2, 0) is 9.59 Å². The molecule has 0 spiro atoms. The number of hydrogen-bond acceptors (Lipinski definition) is 3. The van der Waals surface area contributed by atoms with Gasteiger partial charge in [0.15, 0.2) is 0 Å². The Morgan fingerprint density at radius 3 is 2.54 bits per heavy atom. The molecular formula is C21H32O3. The summed E-state index contributed by atoms with van der Waals surface area (Å²) in [7, 11) is 0. The van der Waals surface area contributed by atoms with Crippen LogP contribution in [0.15, 0.2) is 0 Å². The van der Waals surface area contributed by atoms with Crippen molar-refractivity contribution in [1.29, 1.82) is 0 Å². The number of rotatable bonds is 1. The number of carbonyl (C=O) groups excluding carboxylic acids is 2. The van der Waals surface area contributed by atoms with Gasteiger partial charge in [-0.2, -0.15) is 0 Å². The van der Waals surface area contributed by atoms with Crippen molar-refractivity contribution in [2.45, 2.75) is 78.2 Å². The van der Waals surface area contributed by atoms with E-state index in [9.17, 15) is 14.7 Å². The molecule has 4 rings (SSSR count). The van der Waals surface area contributed by atoms with Crippen LogP contribution >= 0.6 is 0 Å². The lowest BCUT2D eigenvalue weighted by molar-refractivity contribution is -0.162. The Bertz CT molecular complexity index is 569. The van der Waals surface area contributed by atoms with E-state index in [0.29, 0.717) is 30.0 Å². The van der Waals surface area contributed by atoms with Crippen molar-refractivity contribution >= 4 is 11.6 Å². The number of ketones is 2. The van der Waals surface area contributed by atoms with E-state index in [-0.39, 0.29) is 34.6 Å². The predicted octanol–water partition coefficient (Wildman–Crippen LogP) is 3.77. The molecule has 24 heavy (non-hydrogen) atoms. The van der Waals surface area contributed by atoms with Crippen LogP contribution in [0.5, 0.6) is 0 Å². The number of Topliss-reactive ketones (excluding diaryl/α,β-unsaturated/α-hetero) is 2. The Kier molecular flexibility index (Phi) is 3.77. The summed E-state index contributed by atoms with van der Waals surface area (Å²) in [5.41, 5.74) is -0.0175. The summed E-state index contributed by atoms with van der Waals surface area (Å²) >= 11 is 0. The van der Waals surface area contributed by atoms with Crippen molar-refractivity contribution in [2.75, 3.05) is 0 Å². The normalized spacial score (nSPS) is 53.9. The lowest BCUT2D eigenvalue weighted by Crippen LogP contribution is -2.58. The number of aliphatic hydroxyl groups is 1. The molecule has 0 unspecified atom stereocenters. The molecule has 3 nitrogen and oxygen atoms in total. The van der Waals surface area contributed by atoms with Gasteiger partial charge >= 0.3 is 0 Å². The second kappa shape index (κ2) is 5.40. The van der Waals surface area contributed by atoms with Crippen molar-refractivity contribution < 1.29 is 14.7 Å². The lowest BCUT2D eigenvalue weighted by Gasteiger charge is -2.59. The van der Waals surface area contributed by atoms with Crippen LogP contribution in [0.4, 0.5) is 0 Å². The highest BCUT2D eigenvalue weighted by Crippen LogP contribution is 2.66. The minimum absolute atomic E-state index is 0.0782. The highest BCUT2D eigenvalue weighted by Gasteiger charge is 2.63. The van der Waals surface area contributed by atoms with Crippen molar-refractivity contribution in [3.05, 3.63) is 0 Å². The number of aliphatic hydroxyl groups excluding tert-OH is 1. The van der Waals surface area contributed by atoms with Gasteiger partial charge < -0.3 is 5.11 Å². The average Bonchev–Trinajstić information content (AvgIpc) is 2.84. The first kappa shape index (κ1) is 16.8. The van der Waals surface area contributed by atoms with Crippen LogP contribution in [-0.4, -0.2) is 22.8 Å². The molecule has 8 atom stereocenters. The quantitative estimate of drug-likeness (QED) is 0.795. The monoisotopic (exact) mass is 332 g/mol. The summed E-state index contributed by atoms with van der Waals surface area (Å²) in [4.78, 5) is 25.5. The summed E-state index contributed by atoms with van der Waals surface area (Å²) in [6.07, 6.45) is 7.53. The second-order valence-electron chi connectivity index (χ2n) is 9.85. The van der Waals surface area contributed by atoms with Gasteiger partial charge in [0.05, 0.1) is 6.10 Å². The lowest BCUT2D eigenvalue weighted by atomic mass is 9.44. The van der Waals surface area contributed by atoms with Crippen LogP contribution in [0.3, 0.4) is 0 Å². The minimum Gasteiger partial charge on any atom is -0.393 e. The summed E-state index contributed by atoms with van der Waals surface area (Å²) in [6.45, 7) is 6.28. The van der Waals surface area contributed by atoms with Gasteiger partial charge in [0.2, 0.25) is 0 Å². The van der Waals surface area contributed by atoms with E-state index in [4.69, 9.17) is 0 Å². The Hall–Kier alpha value is -0.700. The first-order chi connectivity index (χ1) is 11.3. The van der Waals surface area contributed by atoms with Gasteiger partial charge in [-0.25, -0.2) is 0 Å². The third-order valence-corrected chi connectivity index (χ3v) is 8.81. The Morgan fingerprint density at radius 1 is 1.08 bits per heavy atom. The molecule has 0 radical (unpaired) electrons. The third-order valence-electron chi connectivity index (χ3n) is 8.81. The molecule has 0 aromatic carbocycles.